The number of rotatable bonds is 3. The molecule has 0 aliphatic carbocycles. The molecule has 1 saturated heterocycles. The molecule has 4 rings (SSSR count). The van der Waals surface area contributed by atoms with Gasteiger partial charge in [0.2, 0.25) is 0 Å². The van der Waals surface area contributed by atoms with E-state index in [2.05, 4.69) is 26.4 Å². The number of hydrogen-bond donors (Lipinski definition) is 2. The Labute approximate surface area is 146 Å². The smallest absolute Gasteiger partial charge is 0.161 e. The zero-order valence-electron chi connectivity index (χ0n) is 14.3. The summed E-state index contributed by atoms with van der Waals surface area (Å²) in [6.07, 6.45) is 5.63. The van der Waals surface area contributed by atoms with Gasteiger partial charge in [0.1, 0.15) is 17.2 Å². The Morgan fingerprint density at radius 2 is 1.84 bits per heavy atom. The van der Waals surface area contributed by atoms with Gasteiger partial charge in [0, 0.05) is 31.5 Å². The summed E-state index contributed by atoms with van der Waals surface area (Å²) in [6, 6.07) is 8.02. The molecule has 1 fully saturated rings. The van der Waals surface area contributed by atoms with E-state index in [1.807, 2.05) is 24.3 Å². The molecule has 4 N–H and O–H groups in total. The number of fused-ring (bicyclic) bond motifs is 1. The van der Waals surface area contributed by atoms with Crippen molar-refractivity contribution >= 4 is 17.0 Å². The molecule has 25 heavy (non-hydrogen) atoms. The third-order valence-electron chi connectivity index (χ3n) is 5.00. The molecule has 0 saturated carbocycles. The van der Waals surface area contributed by atoms with E-state index in [-0.39, 0.29) is 6.17 Å². The summed E-state index contributed by atoms with van der Waals surface area (Å²) in [5, 5.41) is 0. The quantitative estimate of drug-likeness (QED) is 0.758. The van der Waals surface area contributed by atoms with Crippen molar-refractivity contribution in [2.45, 2.75) is 32.0 Å². The van der Waals surface area contributed by atoms with Crippen LogP contribution in [0.5, 0.6) is 0 Å². The molecule has 0 radical (unpaired) electrons. The van der Waals surface area contributed by atoms with Crippen LogP contribution in [0.4, 0.5) is 5.82 Å². The Kier molecular flexibility index (Phi) is 4.10. The van der Waals surface area contributed by atoms with Gasteiger partial charge in [-0.25, -0.2) is 15.0 Å². The van der Waals surface area contributed by atoms with Gasteiger partial charge in [-0.1, -0.05) is 0 Å². The zero-order chi connectivity index (χ0) is 17.4. The zero-order valence-corrected chi connectivity index (χ0v) is 14.3. The van der Waals surface area contributed by atoms with Crippen molar-refractivity contribution in [2.75, 3.05) is 18.8 Å². The van der Waals surface area contributed by atoms with Crippen LogP contribution in [0.25, 0.3) is 22.6 Å². The largest absolute Gasteiger partial charge is 0.383 e. The third-order valence-corrected chi connectivity index (χ3v) is 5.00. The molecule has 1 aliphatic rings. The van der Waals surface area contributed by atoms with Crippen LogP contribution in [0, 0.1) is 0 Å². The molecule has 0 bridgehead atoms. The lowest BCUT2D eigenvalue weighted by atomic mass is 10.1. The molecule has 3 aromatic rings. The number of piperidine rings is 1. The van der Waals surface area contributed by atoms with Gasteiger partial charge in [-0.15, -0.1) is 0 Å². The Morgan fingerprint density at radius 1 is 1.12 bits per heavy atom. The van der Waals surface area contributed by atoms with Crippen molar-refractivity contribution < 1.29 is 0 Å². The molecular formula is C18H23N7. The summed E-state index contributed by atoms with van der Waals surface area (Å²) in [5.41, 5.74) is 14.7. The summed E-state index contributed by atoms with van der Waals surface area (Å²) < 4.78 is 2.17. The van der Waals surface area contributed by atoms with Crippen molar-refractivity contribution in [3.05, 3.63) is 36.7 Å². The molecule has 7 heteroatoms. The van der Waals surface area contributed by atoms with E-state index in [9.17, 15) is 0 Å². The minimum Gasteiger partial charge on any atom is -0.383 e. The fraction of sp³-hybridized carbons (Fsp3) is 0.389. The molecule has 0 amide bonds. The van der Waals surface area contributed by atoms with Crippen LogP contribution in [0.15, 0.2) is 36.7 Å². The first-order chi connectivity index (χ1) is 12.1. The lowest BCUT2D eigenvalue weighted by Gasteiger charge is -2.36. The van der Waals surface area contributed by atoms with Gasteiger partial charge in [0.15, 0.2) is 5.65 Å². The van der Waals surface area contributed by atoms with Gasteiger partial charge in [-0.3, -0.25) is 9.47 Å². The molecule has 0 spiro atoms. The molecule has 1 atom stereocenters. The summed E-state index contributed by atoms with van der Waals surface area (Å²) >= 11 is 0. The molecule has 0 aromatic carbocycles. The van der Waals surface area contributed by atoms with Crippen molar-refractivity contribution in [1.29, 1.82) is 0 Å². The van der Waals surface area contributed by atoms with Crippen molar-refractivity contribution in [1.82, 2.24) is 24.4 Å². The van der Waals surface area contributed by atoms with E-state index in [1.165, 1.54) is 0 Å². The Hall–Kier alpha value is -2.51. The number of likely N-dealkylation sites (tertiary alicyclic amines) is 1. The molecule has 1 aliphatic heterocycles. The summed E-state index contributed by atoms with van der Waals surface area (Å²) in [5.74, 6) is 1.29. The van der Waals surface area contributed by atoms with Gasteiger partial charge in [-0.05, 0) is 44.0 Å². The Balaban J connectivity index is 1.84. The average Bonchev–Trinajstić information content (AvgIpc) is 3.01. The van der Waals surface area contributed by atoms with E-state index in [0.717, 1.165) is 48.5 Å². The minimum absolute atomic E-state index is 0.113. The summed E-state index contributed by atoms with van der Waals surface area (Å²) in [7, 11) is 0. The number of pyridine rings is 2. The second-order valence-electron chi connectivity index (χ2n) is 6.59. The van der Waals surface area contributed by atoms with Crippen molar-refractivity contribution in [3.8, 4) is 11.4 Å². The molecule has 7 nitrogen and oxygen atoms in total. The Bertz CT molecular complexity index is 880. The molecule has 4 heterocycles. The predicted molar refractivity (Wildman–Crippen MR) is 98.7 cm³/mol. The van der Waals surface area contributed by atoms with Gasteiger partial charge < -0.3 is 11.5 Å². The van der Waals surface area contributed by atoms with Gasteiger partial charge in [0.05, 0.1) is 11.7 Å². The van der Waals surface area contributed by atoms with Crippen LogP contribution in [0.3, 0.4) is 0 Å². The monoisotopic (exact) mass is 337 g/mol. The first kappa shape index (κ1) is 16.0. The number of nitrogens with two attached hydrogens (primary N) is 2. The van der Waals surface area contributed by atoms with Gasteiger partial charge in [-0.2, -0.15) is 0 Å². The molecule has 130 valence electrons. The lowest BCUT2D eigenvalue weighted by Crippen LogP contribution is -2.42. The van der Waals surface area contributed by atoms with Crippen LogP contribution < -0.4 is 11.5 Å². The summed E-state index contributed by atoms with van der Waals surface area (Å²) in [6.45, 7) is 4.12. The normalized spacial score (nSPS) is 17.8. The second-order valence-corrected chi connectivity index (χ2v) is 6.59. The predicted octanol–water partition coefficient (Wildman–Crippen LogP) is 2.02. The molecule has 3 aromatic heterocycles. The number of nitrogens with zero attached hydrogens (tertiary/aromatic N) is 5. The van der Waals surface area contributed by atoms with Crippen LogP contribution in [-0.4, -0.2) is 43.6 Å². The van der Waals surface area contributed by atoms with E-state index in [4.69, 9.17) is 16.5 Å². The maximum Gasteiger partial charge on any atom is 0.161 e. The highest BCUT2D eigenvalue weighted by Crippen LogP contribution is 2.31. The first-order valence-electron chi connectivity index (χ1n) is 8.68. The van der Waals surface area contributed by atoms with Crippen LogP contribution >= 0.6 is 0 Å². The van der Waals surface area contributed by atoms with Crippen LogP contribution in [0.2, 0.25) is 0 Å². The van der Waals surface area contributed by atoms with Crippen molar-refractivity contribution in [2.24, 2.45) is 5.73 Å². The topological polar surface area (TPSA) is 98.9 Å². The third kappa shape index (κ3) is 2.85. The molecule has 1 unspecified atom stereocenters. The van der Waals surface area contributed by atoms with Gasteiger partial charge in [0.25, 0.3) is 0 Å². The lowest BCUT2D eigenvalue weighted by molar-refractivity contribution is 0.122. The number of aromatic nitrogens is 4. The SMILES string of the molecule is CC(N1CCC(N)CC1)n1c(-c2cccnc2N)nc2cccnc21. The van der Waals surface area contributed by atoms with Crippen molar-refractivity contribution in [3.63, 3.8) is 0 Å². The van der Waals surface area contributed by atoms with Crippen LogP contribution in [-0.2, 0) is 0 Å². The molecular weight excluding hydrogens is 314 g/mol. The maximum absolute atomic E-state index is 6.13. The number of imidazole rings is 1. The number of hydrogen-bond acceptors (Lipinski definition) is 6. The average molecular weight is 337 g/mol. The first-order valence-corrected chi connectivity index (χ1v) is 8.68. The van der Waals surface area contributed by atoms with E-state index in [0.29, 0.717) is 11.9 Å². The number of nitrogen functional groups attached to an aromatic ring is 1. The second kappa shape index (κ2) is 6.42. The van der Waals surface area contributed by atoms with E-state index in [1.54, 1.807) is 12.4 Å². The standard InChI is InChI=1S/C18H23N7/c1-12(24-10-6-13(19)7-11-24)25-17(14-4-2-8-21-16(14)20)23-15-5-3-9-22-18(15)25/h2-5,8-9,12-13H,6-7,10-11,19H2,1H3,(H2,20,21). The highest BCUT2D eigenvalue weighted by molar-refractivity contribution is 5.80. The van der Waals surface area contributed by atoms with Crippen LogP contribution in [0.1, 0.15) is 25.9 Å². The number of anilines is 1. The minimum atomic E-state index is 0.113. The fourth-order valence-electron chi connectivity index (χ4n) is 3.54. The van der Waals surface area contributed by atoms with Gasteiger partial charge >= 0.3 is 0 Å². The summed E-state index contributed by atoms with van der Waals surface area (Å²) in [4.78, 5) is 16.0. The maximum atomic E-state index is 6.13. The highest BCUT2D eigenvalue weighted by Gasteiger charge is 2.26. The van der Waals surface area contributed by atoms with E-state index >= 15 is 0 Å². The Morgan fingerprint density at radius 3 is 2.60 bits per heavy atom. The van der Waals surface area contributed by atoms with E-state index < -0.39 is 0 Å². The highest BCUT2D eigenvalue weighted by atomic mass is 15.3. The fourth-order valence-corrected chi connectivity index (χ4v) is 3.54.